The first kappa shape index (κ1) is 33.4. The number of nitrogens with one attached hydrogen (secondary N) is 1. The molecule has 2 aromatic heterocycles. The fraction of sp³-hybridized carbons (Fsp3) is 0.545. The molecule has 256 valence electrons. The van der Waals surface area contributed by atoms with Crippen LogP contribution in [0, 0.1) is 5.92 Å². The van der Waals surface area contributed by atoms with Gasteiger partial charge in [-0.15, -0.1) is 5.10 Å². The van der Waals surface area contributed by atoms with E-state index in [0.717, 1.165) is 24.2 Å². The second-order valence-electron chi connectivity index (χ2n) is 12.3. The molecular weight excluding hydrogens is 618 g/mol. The van der Waals surface area contributed by atoms with Crippen molar-refractivity contribution in [1.29, 1.82) is 0 Å². The SMILES string of the molecule is CCCOCCOCCOCCn1cc(-c2cnc(N3CC(C(=O)N4CCC5(CC4)NC(=O)N(Cc4ccccc4)C5=O)C3)nc2)nn1. The van der Waals surface area contributed by atoms with Crippen molar-refractivity contribution in [3.05, 3.63) is 54.5 Å². The van der Waals surface area contributed by atoms with Gasteiger partial charge in [0.05, 0.1) is 58.2 Å². The summed E-state index contributed by atoms with van der Waals surface area (Å²) >= 11 is 0. The summed E-state index contributed by atoms with van der Waals surface area (Å²) in [7, 11) is 0. The van der Waals surface area contributed by atoms with Crippen LogP contribution in [0.2, 0.25) is 0 Å². The Morgan fingerprint density at radius 3 is 2.29 bits per heavy atom. The van der Waals surface area contributed by atoms with Gasteiger partial charge < -0.3 is 29.3 Å². The lowest BCUT2D eigenvalue weighted by Gasteiger charge is -2.43. The van der Waals surface area contributed by atoms with Crippen LogP contribution >= 0.6 is 0 Å². The van der Waals surface area contributed by atoms with E-state index in [0.29, 0.717) is 90.2 Å². The summed E-state index contributed by atoms with van der Waals surface area (Å²) < 4.78 is 18.2. The van der Waals surface area contributed by atoms with Gasteiger partial charge in [0.15, 0.2) is 0 Å². The molecule has 3 saturated heterocycles. The lowest BCUT2D eigenvalue weighted by Crippen LogP contribution is -2.60. The molecule has 0 aliphatic carbocycles. The molecule has 1 spiro atoms. The Balaban J connectivity index is 0.898. The van der Waals surface area contributed by atoms with Crippen LogP contribution in [-0.2, 0) is 36.9 Å². The first-order chi connectivity index (χ1) is 23.5. The minimum absolute atomic E-state index is 0.0563. The van der Waals surface area contributed by atoms with Crippen molar-refractivity contribution < 1.29 is 28.6 Å². The van der Waals surface area contributed by atoms with Crippen LogP contribution < -0.4 is 10.2 Å². The molecule has 0 bridgehead atoms. The molecule has 15 heteroatoms. The van der Waals surface area contributed by atoms with Crippen LogP contribution in [0.25, 0.3) is 11.3 Å². The average Bonchev–Trinajstić information content (AvgIpc) is 3.65. The van der Waals surface area contributed by atoms with Gasteiger partial charge in [0, 0.05) is 50.7 Å². The molecule has 0 saturated carbocycles. The Bertz CT molecular complexity index is 1520. The summed E-state index contributed by atoms with van der Waals surface area (Å²) in [6.07, 6.45) is 7.05. The van der Waals surface area contributed by atoms with E-state index in [9.17, 15) is 14.4 Å². The van der Waals surface area contributed by atoms with E-state index in [1.807, 2.05) is 46.3 Å². The number of aromatic nitrogens is 5. The third kappa shape index (κ3) is 7.80. The molecule has 3 aliphatic heterocycles. The number of urea groups is 1. The molecule has 0 radical (unpaired) electrons. The number of imide groups is 1. The van der Waals surface area contributed by atoms with Crippen LogP contribution in [0.15, 0.2) is 48.9 Å². The summed E-state index contributed by atoms with van der Waals surface area (Å²) in [5.74, 6) is 0.231. The standard InChI is InChI=1S/C33H43N9O6/c1-2-13-46-15-17-48-18-16-47-14-12-41-24-28(37-38-41)26-19-34-31(35-20-26)40-22-27(23-40)29(43)39-10-8-33(9-11-39)30(44)42(32(45)36-33)21-25-6-4-3-5-7-25/h3-7,19-20,24,27H,2,8-18,21-23H2,1H3,(H,36,45). The van der Waals surface area contributed by atoms with Crippen LogP contribution in [0.5, 0.6) is 0 Å². The summed E-state index contributed by atoms with van der Waals surface area (Å²) in [4.78, 5) is 53.3. The second kappa shape index (κ2) is 15.6. The van der Waals surface area contributed by atoms with E-state index in [-0.39, 0.29) is 30.3 Å². The molecular formula is C33H43N9O6. The van der Waals surface area contributed by atoms with Crippen LogP contribution in [-0.4, -0.2) is 124 Å². The largest absolute Gasteiger partial charge is 0.379 e. The third-order valence-corrected chi connectivity index (χ3v) is 8.90. The van der Waals surface area contributed by atoms with E-state index in [4.69, 9.17) is 14.2 Å². The Kier molecular flexibility index (Phi) is 10.9. The fourth-order valence-electron chi connectivity index (χ4n) is 6.09. The molecule has 6 rings (SSSR count). The number of amides is 4. The number of likely N-dealkylation sites (tertiary alicyclic amines) is 1. The van der Waals surface area contributed by atoms with Gasteiger partial charge >= 0.3 is 6.03 Å². The number of carbonyl (C=O) groups is 3. The maximum Gasteiger partial charge on any atom is 0.325 e. The van der Waals surface area contributed by atoms with Crippen molar-refractivity contribution in [3.63, 3.8) is 0 Å². The molecule has 0 unspecified atom stereocenters. The maximum atomic E-state index is 13.3. The zero-order chi connectivity index (χ0) is 33.3. The highest BCUT2D eigenvalue weighted by molar-refractivity contribution is 6.07. The van der Waals surface area contributed by atoms with Gasteiger partial charge in [0.2, 0.25) is 11.9 Å². The number of anilines is 1. The van der Waals surface area contributed by atoms with Gasteiger partial charge in [-0.1, -0.05) is 42.5 Å². The predicted molar refractivity (Wildman–Crippen MR) is 174 cm³/mol. The van der Waals surface area contributed by atoms with Gasteiger partial charge in [0.25, 0.3) is 5.91 Å². The minimum atomic E-state index is -0.943. The van der Waals surface area contributed by atoms with Gasteiger partial charge in [-0.2, -0.15) is 0 Å². The minimum Gasteiger partial charge on any atom is -0.379 e. The first-order valence-corrected chi connectivity index (χ1v) is 16.6. The van der Waals surface area contributed by atoms with Gasteiger partial charge in [0.1, 0.15) is 11.2 Å². The maximum absolute atomic E-state index is 13.3. The number of hydrogen-bond donors (Lipinski definition) is 1. The summed E-state index contributed by atoms with van der Waals surface area (Å²) in [5, 5.41) is 11.3. The first-order valence-electron chi connectivity index (χ1n) is 16.6. The number of hydrogen-bond acceptors (Lipinski definition) is 11. The Hall–Kier alpha value is -4.47. The number of carbonyl (C=O) groups excluding carboxylic acids is 3. The fourth-order valence-corrected chi connectivity index (χ4v) is 6.09. The number of benzene rings is 1. The van der Waals surface area contributed by atoms with E-state index in [2.05, 4.69) is 32.5 Å². The van der Waals surface area contributed by atoms with Crippen molar-refractivity contribution in [3.8, 4) is 11.3 Å². The van der Waals surface area contributed by atoms with Crippen LogP contribution in [0.3, 0.4) is 0 Å². The Morgan fingerprint density at radius 1 is 0.938 bits per heavy atom. The molecule has 48 heavy (non-hydrogen) atoms. The third-order valence-electron chi connectivity index (χ3n) is 8.90. The lowest BCUT2D eigenvalue weighted by molar-refractivity contribution is -0.141. The quantitative estimate of drug-likeness (QED) is 0.176. The monoisotopic (exact) mass is 661 g/mol. The smallest absolute Gasteiger partial charge is 0.325 e. The molecule has 1 N–H and O–H groups in total. The van der Waals surface area contributed by atoms with E-state index >= 15 is 0 Å². The molecule has 3 aliphatic rings. The average molecular weight is 662 g/mol. The Labute approximate surface area is 279 Å². The molecule has 5 heterocycles. The number of piperidine rings is 1. The predicted octanol–water partition coefficient (Wildman–Crippen LogP) is 1.74. The molecule has 3 aromatic rings. The summed E-state index contributed by atoms with van der Waals surface area (Å²) in [6.45, 7) is 8.18. The normalized spacial score (nSPS) is 17.6. The van der Waals surface area contributed by atoms with Crippen molar-refractivity contribution in [2.45, 2.75) is 44.8 Å². The van der Waals surface area contributed by atoms with E-state index in [1.165, 1.54) is 4.90 Å². The lowest BCUT2D eigenvalue weighted by atomic mass is 9.86. The zero-order valence-corrected chi connectivity index (χ0v) is 27.3. The molecule has 3 fully saturated rings. The molecule has 15 nitrogen and oxygen atoms in total. The molecule has 0 atom stereocenters. The van der Waals surface area contributed by atoms with Crippen LogP contribution in [0.4, 0.5) is 10.7 Å². The number of nitrogens with zero attached hydrogens (tertiary/aromatic N) is 8. The number of rotatable bonds is 16. The number of ether oxygens (including phenoxy) is 3. The molecule has 1 aromatic carbocycles. The Morgan fingerprint density at radius 2 is 1.60 bits per heavy atom. The van der Waals surface area contributed by atoms with Crippen molar-refractivity contribution in [2.24, 2.45) is 5.92 Å². The van der Waals surface area contributed by atoms with Gasteiger partial charge in [-0.25, -0.2) is 19.4 Å². The second-order valence-corrected chi connectivity index (χ2v) is 12.3. The van der Waals surface area contributed by atoms with Crippen molar-refractivity contribution >= 4 is 23.8 Å². The molecule has 4 amide bonds. The highest BCUT2D eigenvalue weighted by Gasteiger charge is 2.53. The van der Waals surface area contributed by atoms with E-state index < -0.39 is 5.54 Å². The van der Waals surface area contributed by atoms with Crippen molar-refractivity contribution in [2.75, 3.05) is 70.7 Å². The summed E-state index contributed by atoms with van der Waals surface area (Å²) in [5.41, 5.74) is 1.36. The highest BCUT2D eigenvalue weighted by atomic mass is 16.5. The van der Waals surface area contributed by atoms with Crippen molar-refractivity contribution in [1.82, 2.24) is 40.1 Å². The van der Waals surface area contributed by atoms with Crippen LogP contribution in [0.1, 0.15) is 31.7 Å². The van der Waals surface area contributed by atoms with E-state index in [1.54, 1.807) is 17.1 Å². The highest BCUT2D eigenvalue weighted by Crippen LogP contribution is 2.32. The topological polar surface area (TPSA) is 157 Å². The summed E-state index contributed by atoms with van der Waals surface area (Å²) in [6, 6.07) is 9.08. The van der Waals surface area contributed by atoms with Gasteiger partial charge in [-0.05, 0) is 24.8 Å². The zero-order valence-electron chi connectivity index (χ0n) is 27.3. The van der Waals surface area contributed by atoms with Gasteiger partial charge in [-0.3, -0.25) is 14.5 Å².